The first kappa shape index (κ1) is 12.4. The van der Waals surface area contributed by atoms with Crippen molar-refractivity contribution in [3.05, 3.63) is 29.6 Å². The molecular weight excluding hydrogens is 236 g/mol. The lowest BCUT2D eigenvalue weighted by Gasteiger charge is -2.26. The highest BCUT2D eigenvalue weighted by Gasteiger charge is 2.30. The van der Waals surface area contributed by atoms with Gasteiger partial charge in [-0.3, -0.25) is 0 Å². The maximum atomic E-state index is 13.0. The summed E-state index contributed by atoms with van der Waals surface area (Å²) < 4.78 is 54.1. The Balaban J connectivity index is 2.13. The minimum Gasteiger partial charge on any atom is -0.404 e. The molecule has 0 unspecified atom stereocenters. The van der Waals surface area contributed by atoms with Gasteiger partial charge in [0, 0.05) is 7.11 Å². The van der Waals surface area contributed by atoms with Crippen molar-refractivity contribution in [3.8, 4) is 0 Å². The highest BCUT2D eigenvalue weighted by Crippen LogP contribution is 2.11. The summed E-state index contributed by atoms with van der Waals surface area (Å²) in [6.45, 7) is 0.504. The monoisotopic (exact) mass is 246 g/mol. The van der Waals surface area contributed by atoms with Crippen molar-refractivity contribution in [2.75, 3.05) is 20.3 Å². The molecule has 1 aliphatic heterocycles. The second kappa shape index (κ2) is 5.08. The fourth-order valence-corrected chi connectivity index (χ4v) is 1.53. The van der Waals surface area contributed by atoms with Gasteiger partial charge in [-0.1, -0.05) is 0 Å². The molecule has 1 heterocycles. The molecule has 2 rings (SSSR count). The van der Waals surface area contributed by atoms with Gasteiger partial charge >= 0.3 is 7.12 Å². The number of halogens is 3. The van der Waals surface area contributed by atoms with Crippen LogP contribution in [0.15, 0.2) is 12.1 Å². The minimum atomic E-state index is -1.50. The van der Waals surface area contributed by atoms with E-state index in [0.29, 0.717) is 0 Å². The highest BCUT2D eigenvalue weighted by molar-refractivity contribution is 6.61. The zero-order chi connectivity index (χ0) is 12.4. The summed E-state index contributed by atoms with van der Waals surface area (Å²) >= 11 is 0. The van der Waals surface area contributed by atoms with Crippen LogP contribution in [-0.4, -0.2) is 33.5 Å². The van der Waals surface area contributed by atoms with Gasteiger partial charge < -0.3 is 14.0 Å². The molecule has 0 aliphatic carbocycles. The average molecular weight is 246 g/mol. The topological polar surface area (TPSA) is 27.7 Å². The van der Waals surface area contributed by atoms with E-state index in [2.05, 4.69) is 0 Å². The number of ether oxygens (including phenoxy) is 1. The molecule has 0 saturated carbocycles. The standard InChI is InChI=1S/C10H10BF3O3/c1-15-7-4-16-11(17-5-7)6-2-8(12)10(14)9(13)3-6/h2-3,7H,4-5H2,1H3. The van der Waals surface area contributed by atoms with Crippen LogP contribution >= 0.6 is 0 Å². The van der Waals surface area contributed by atoms with Crippen LogP contribution in [0.25, 0.3) is 0 Å². The summed E-state index contributed by atoms with van der Waals surface area (Å²) in [6, 6.07) is 1.71. The summed E-state index contributed by atoms with van der Waals surface area (Å²) in [7, 11) is 0.612. The first-order chi connectivity index (χ1) is 8.11. The van der Waals surface area contributed by atoms with E-state index in [0.717, 1.165) is 12.1 Å². The molecule has 0 bridgehead atoms. The van der Waals surface area contributed by atoms with Crippen molar-refractivity contribution in [1.29, 1.82) is 0 Å². The van der Waals surface area contributed by atoms with Gasteiger partial charge in [-0.05, 0) is 17.6 Å². The molecule has 0 N–H and O–H groups in total. The molecule has 1 aromatic rings. The van der Waals surface area contributed by atoms with Gasteiger partial charge in [0.05, 0.1) is 13.2 Å². The van der Waals surface area contributed by atoms with Crippen LogP contribution in [-0.2, 0) is 14.0 Å². The highest BCUT2D eigenvalue weighted by atomic mass is 19.2. The summed E-state index contributed by atoms with van der Waals surface area (Å²) in [5.74, 6) is -4.03. The minimum absolute atomic E-state index is 0.107. The Labute approximate surface area is 96.6 Å². The van der Waals surface area contributed by atoms with Crippen LogP contribution in [0.3, 0.4) is 0 Å². The quantitative estimate of drug-likeness (QED) is 0.572. The summed E-state index contributed by atoms with van der Waals surface area (Å²) in [5, 5.41) is 0. The summed E-state index contributed by atoms with van der Waals surface area (Å²) in [6.07, 6.45) is -0.207. The molecule has 1 fully saturated rings. The van der Waals surface area contributed by atoms with Crippen LogP contribution < -0.4 is 5.46 Å². The molecule has 0 aromatic heterocycles. The number of hydrogen-bond donors (Lipinski definition) is 0. The van der Waals surface area contributed by atoms with E-state index < -0.39 is 24.6 Å². The fraction of sp³-hybridized carbons (Fsp3) is 0.400. The smallest absolute Gasteiger partial charge is 0.404 e. The maximum absolute atomic E-state index is 13.0. The molecule has 1 aliphatic rings. The lowest BCUT2D eigenvalue weighted by molar-refractivity contribution is -0.0187. The van der Waals surface area contributed by atoms with Gasteiger partial charge in [-0.15, -0.1) is 0 Å². The maximum Gasteiger partial charge on any atom is 0.494 e. The van der Waals surface area contributed by atoms with Gasteiger partial charge in [0.1, 0.15) is 6.10 Å². The van der Waals surface area contributed by atoms with Crippen molar-refractivity contribution in [1.82, 2.24) is 0 Å². The molecule has 0 spiro atoms. The van der Waals surface area contributed by atoms with Gasteiger partial charge in [0.25, 0.3) is 0 Å². The Hall–Kier alpha value is -1.05. The Morgan fingerprint density at radius 2 is 1.71 bits per heavy atom. The van der Waals surface area contributed by atoms with Gasteiger partial charge in [0.2, 0.25) is 0 Å². The lowest BCUT2D eigenvalue weighted by atomic mass is 9.78. The average Bonchev–Trinajstić information content (AvgIpc) is 2.35. The molecule has 92 valence electrons. The van der Waals surface area contributed by atoms with Crippen LogP contribution in [0.5, 0.6) is 0 Å². The molecule has 1 aromatic carbocycles. The van der Waals surface area contributed by atoms with Crippen molar-refractivity contribution in [2.45, 2.75) is 6.10 Å². The predicted octanol–water partition coefficient (Wildman–Crippen LogP) is 0.861. The van der Waals surface area contributed by atoms with Gasteiger partial charge in [0.15, 0.2) is 17.5 Å². The Bertz CT molecular complexity index is 385. The number of rotatable bonds is 2. The molecule has 0 radical (unpaired) electrons. The molecule has 17 heavy (non-hydrogen) atoms. The molecule has 1 saturated heterocycles. The van der Waals surface area contributed by atoms with Crippen molar-refractivity contribution in [2.24, 2.45) is 0 Å². The second-order valence-corrected chi connectivity index (χ2v) is 3.65. The van der Waals surface area contributed by atoms with Crippen molar-refractivity contribution >= 4 is 12.6 Å². The number of benzene rings is 1. The third-order valence-electron chi connectivity index (χ3n) is 2.48. The van der Waals surface area contributed by atoms with Crippen LogP contribution in [0, 0.1) is 17.5 Å². The fourth-order valence-electron chi connectivity index (χ4n) is 1.53. The van der Waals surface area contributed by atoms with E-state index in [-0.39, 0.29) is 24.8 Å². The van der Waals surface area contributed by atoms with Gasteiger partial charge in [-0.25, -0.2) is 13.2 Å². The van der Waals surface area contributed by atoms with E-state index in [9.17, 15) is 13.2 Å². The first-order valence-electron chi connectivity index (χ1n) is 5.02. The largest absolute Gasteiger partial charge is 0.494 e. The Morgan fingerprint density at radius 3 is 2.18 bits per heavy atom. The lowest BCUT2D eigenvalue weighted by Crippen LogP contribution is -2.47. The van der Waals surface area contributed by atoms with E-state index in [1.54, 1.807) is 0 Å². The Morgan fingerprint density at radius 1 is 1.18 bits per heavy atom. The van der Waals surface area contributed by atoms with Crippen molar-refractivity contribution < 1.29 is 27.2 Å². The van der Waals surface area contributed by atoms with Gasteiger partial charge in [-0.2, -0.15) is 0 Å². The third-order valence-corrected chi connectivity index (χ3v) is 2.48. The SMILES string of the molecule is COC1COB(c2cc(F)c(F)c(F)c2)OC1. The first-order valence-corrected chi connectivity index (χ1v) is 5.02. The zero-order valence-electron chi connectivity index (χ0n) is 9.08. The molecule has 0 amide bonds. The number of hydrogen-bond acceptors (Lipinski definition) is 3. The number of methoxy groups -OCH3 is 1. The molecular formula is C10H10BF3O3. The summed E-state index contributed by atoms with van der Waals surface area (Å²) in [5.41, 5.74) is 0.107. The van der Waals surface area contributed by atoms with Crippen LogP contribution in [0.2, 0.25) is 0 Å². The van der Waals surface area contributed by atoms with E-state index in [1.165, 1.54) is 7.11 Å². The molecule has 0 atom stereocenters. The summed E-state index contributed by atoms with van der Waals surface area (Å²) in [4.78, 5) is 0. The van der Waals surface area contributed by atoms with Crippen molar-refractivity contribution in [3.63, 3.8) is 0 Å². The zero-order valence-corrected chi connectivity index (χ0v) is 9.08. The second-order valence-electron chi connectivity index (χ2n) is 3.65. The van der Waals surface area contributed by atoms with E-state index >= 15 is 0 Å². The Kier molecular flexibility index (Phi) is 3.71. The molecule has 7 heteroatoms. The third kappa shape index (κ3) is 2.62. The normalized spacial score (nSPS) is 17.5. The van der Waals surface area contributed by atoms with Crippen LogP contribution in [0.1, 0.15) is 0 Å². The molecule has 3 nitrogen and oxygen atoms in total. The predicted molar refractivity (Wildman–Crippen MR) is 54.4 cm³/mol. The van der Waals surface area contributed by atoms with Crippen LogP contribution in [0.4, 0.5) is 13.2 Å². The van der Waals surface area contributed by atoms with E-state index in [4.69, 9.17) is 14.0 Å². The van der Waals surface area contributed by atoms with E-state index in [1.807, 2.05) is 0 Å².